The van der Waals surface area contributed by atoms with E-state index in [1.54, 1.807) is 42.1 Å². The van der Waals surface area contributed by atoms with Crippen molar-refractivity contribution in [3.63, 3.8) is 0 Å². The van der Waals surface area contributed by atoms with E-state index in [1.165, 1.54) is 0 Å². The quantitative estimate of drug-likeness (QED) is 0.462. The summed E-state index contributed by atoms with van der Waals surface area (Å²) in [5.74, 6) is -0.0516. The molecule has 8 nitrogen and oxygen atoms in total. The molecular formula is C22H31ClN4O4S. The summed E-state index contributed by atoms with van der Waals surface area (Å²) >= 11 is 6.19. The number of nitrogens with zero attached hydrogens (tertiary/aromatic N) is 4. The molecule has 1 saturated carbocycles. The molecule has 0 atom stereocenters. The summed E-state index contributed by atoms with van der Waals surface area (Å²) in [6.07, 6.45) is 3.38. The molecule has 0 N–H and O–H groups in total. The third-order valence-electron chi connectivity index (χ3n) is 5.41. The van der Waals surface area contributed by atoms with E-state index in [9.17, 15) is 13.2 Å². The van der Waals surface area contributed by atoms with Gasteiger partial charge in [-0.3, -0.25) is 4.79 Å². The predicted octanol–water partition coefficient (Wildman–Crippen LogP) is 2.46. The zero-order valence-electron chi connectivity index (χ0n) is 18.8. The van der Waals surface area contributed by atoms with Crippen LogP contribution in [0.2, 0.25) is 5.02 Å². The maximum Gasteiger partial charge on any atom is 0.228 e. The summed E-state index contributed by atoms with van der Waals surface area (Å²) in [6.45, 7) is 2.25. The summed E-state index contributed by atoms with van der Waals surface area (Å²) in [5.41, 5.74) is 1.20. The molecule has 1 amide bonds. The van der Waals surface area contributed by atoms with Gasteiger partial charge in [-0.15, -0.1) is 0 Å². The fraction of sp³-hybridized carbons (Fsp3) is 0.545. The number of imidazole rings is 1. The van der Waals surface area contributed by atoms with Gasteiger partial charge in [0.05, 0.1) is 30.8 Å². The number of carbonyl (C=O) groups excluding carboxylic acids is 1. The molecule has 0 spiro atoms. The van der Waals surface area contributed by atoms with E-state index in [4.69, 9.17) is 16.3 Å². The Balaban J connectivity index is 1.89. The zero-order chi connectivity index (χ0) is 23.3. The number of methoxy groups -OCH3 is 1. The molecule has 0 radical (unpaired) electrons. The van der Waals surface area contributed by atoms with Gasteiger partial charge in [0.1, 0.15) is 0 Å². The first-order valence-corrected chi connectivity index (χ1v) is 12.7. The van der Waals surface area contributed by atoms with Gasteiger partial charge in [-0.1, -0.05) is 29.8 Å². The van der Waals surface area contributed by atoms with Crippen LogP contribution in [0.15, 0.2) is 35.6 Å². The Bertz CT molecular complexity index is 1030. The molecule has 0 aliphatic heterocycles. The Morgan fingerprint density at radius 3 is 2.59 bits per heavy atom. The Kier molecular flexibility index (Phi) is 8.32. The second-order valence-electron chi connectivity index (χ2n) is 8.36. The monoisotopic (exact) mass is 482 g/mol. The number of rotatable bonds is 12. The second-order valence-corrected chi connectivity index (χ2v) is 10.7. The molecule has 1 aliphatic rings. The fourth-order valence-corrected chi connectivity index (χ4v) is 5.27. The fourth-order valence-electron chi connectivity index (χ4n) is 3.44. The van der Waals surface area contributed by atoms with Crippen LogP contribution >= 0.6 is 11.6 Å². The maximum atomic E-state index is 13.2. The van der Waals surface area contributed by atoms with E-state index in [1.807, 2.05) is 23.9 Å². The van der Waals surface area contributed by atoms with Crippen LogP contribution in [0.25, 0.3) is 0 Å². The van der Waals surface area contributed by atoms with Gasteiger partial charge in [0.2, 0.25) is 20.9 Å². The molecule has 1 aliphatic carbocycles. The number of hydrogen-bond acceptors (Lipinski definition) is 6. The third kappa shape index (κ3) is 6.31. The molecule has 0 bridgehead atoms. The summed E-state index contributed by atoms with van der Waals surface area (Å²) < 4.78 is 33.3. The summed E-state index contributed by atoms with van der Waals surface area (Å²) in [4.78, 5) is 20.9. The standard InChI is InChI=1S/C22H31ClN4O4S/c1-25(2)10-11-26(21(28)17-8-9-17)15-19-14-24-22(27(19)12-13-31-3)32(29,30)16-18-6-4-5-7-20(18)23/h4-7,14,17H,8-13,15-16H2,1-3H3. The van der Waals surface area contributed by atoms with Gasteiger partial charge in [0.25, 0.3) is 0 Å². The van der Waals surface area contributed by atoms with Crippen molar-refractivity contribution in [1.29, 1.82) is 0 Å². The minimum atomic E-state index is -3.76. The van der Waals surface area contributed by atoms with Crippen LogP contribution in [0.3, 0.4) is 0 Å². The Labute approximate surface area is 195 Å². The topological polar surface area (TPSA) is 84.7 Å². The number of amides is 1. The molecule has 0 unspecified atom stereocenters. The highest BCUT2D eigenvalue weighted by Gasteiger charge is 2.34. The highest BCUT2D eigenvalue weighted by atomic mass is 35.5. The van der Waals surface area contributed by atoms with E-state index in [2.05, 4.69) is 4.98 Å². The van der Waals surface area contributed by atoms with E-state index in [-0.39, 0.29) is 22.7 Å². The molecule has 3 rings (SSSR count). The lowest BCUT2D eigenvalue weighted by Gasteiger charge is -2.25. The number of aromatic nitrogens is 2. The number of carbonyl (C=O) groups is 1. The molecule has 0 saturated heterocycles. The van der Waals surface area contributed by atoms with E-state index < -0.39 is 9.84 Å². The van der Waals surface area contributed by atoms with Gasteiger partial charge in [-0.25, -0.2) is 13.4 Å². The molecule has 1 aromatic heterocycles. The van der Waals surface area contributed by atoms with Crippen LogP contribution in [0.5, 0.6) is 0 Å². The first kappa shape index (κ1) is 24.7. The highest BCUT2D eigenvalue weighted by molar-refractivity contribution is 7.90. The largest absolute Gasteiger partial charge is 0.383 e. The SMILES string of the molecule is COCCn1c(CN(CCN(C)C)C(=O)C2CC2)cnc1S(=O)(=O)Cc1ccccc1Cl. The highest BCUT2D eigenvalue weighted by Crippen LogP contribution is 2.31. The molecule has 176 valence electrons. The normalized spacial score (nSPS) is 14.2. The number of halogens is 1. The minimum Gasteiger partial charge on any atom is -0.383 e. The number of benzene rings is 1. The van der Waals surface area contributed by atoms with Gasteiger partial charge in [-0.05, 0) is 38.6 Å². The van der Waals surface area contributed by atoms with Gasteiger partial charge in [0.15, 0.2) is 0 Å². The molecule has 1 aromatic carbocycles. The van der Waals surface area contributed by atoms with E-state index in [0.717, 1.165) is 19.4 Å². The van der Waals surface area contributed by atoms with Gasteiger partial charge in [-0.2, -0.15) is 0 Å². The van der Waals surface area contributed by atoms with Crippen LogP contribution in [-0.2, 0) is 38.2 Å². The average molecular weight is 483 g/mol. The first-order valence-electron chi connectivity index (χ1n) is 10.7. The van der Waals surface area contributed by atoms with Gasteiger partial charge < -0.3 is 19.1 Å². The van der Waals surface area contributed by atoms with Crippen molar-refractivity contribution in [3.8, 4) is 0 Å². The van der Waals surface area contributed by atoms with Crippen molar-refractivity contribution in [2.24, 2.45) is 5.92 Å². The smallest absolute Gasteiger partial charge is 0.228 e. The van der Waals surface area contributed by atoms with Gasteiger partial charge in [0, 0.05) is 37.7 Å². The van der Waals surface area contributed by atoms with Crippen molar-refractivity contribution in [1.82, 2.24) is 19.4 Å². The van der Waals surface area contributed by atoms with Crippen LogP contribution in [0.1, 0.15) is 24.1 Å². The molecule has 1 fully saturated rings. The minimum absolute atomic E-state index is 0.0316. The molecule has 1 heterocycles. The molecule has 2 aromatic rings. The van der Waals surface area contributed by atoms with E-state index >= 15 is 0 Å². The summed E-state index contributed by atoms with van der Waals surface area (Å²) in [7, 11) is 1.72. The Morgan fingerprint density at radius 1 is 1.25 bits per heavy atom. The van der Waals surface area contributed by atoms with E-state index in [0.29, 0.717) is 42.5 Å². The summed E-state index contributed by atoms with van der Waals surface area (Å²) in [6, 6.07) is 6.88. The number of hydrogen-bond donors (Lipinski definition) is 0. The van der Waals surface area contributed by atoms with Crippen LogP contribution in [-0.4, -0.2) is 74.6 Å². The Morgan fingerprint density at radius 2 is 1.97 bits per heavy atom. The second kappa shape index (κ2) is 10.8. The predicted molar refractivity (Wildman–Crippen MR) is 123 cm³/mol. The zero-order valence-corrected chi connectivity index (χ0v) is 20.4. The van der Waals surface area contributed by atoms with Crippen molar-refractivity contribution < 1.29 is 17.9 Å². The lowest BCUT2D eigenvalue weighted by molar-refractivity contribution is -0.133. The lowest BCUT2D eigenvalue weighted by atomic mass is 10.2. The maximum absolute atomic E-state index is 13.2. The Hall–Kier alpha value is -1.94. The molecule has 10 heteroatoms. The third-order valence-corrected chi connectivity index (χ3v) is 7.35. The van der Waals surface area contributed by atoms with Crippen molar-refractivity contribution in [2.75, 3.05) is 40.9 Å². The summed E-state index contributed by atoms with van der Waals surface area (Å²) in [5, 5.41) is 0.368. The van der Waals surface area contributed by atoms with Crippen LogP contribution in [0, 0.1) is 5.92 Å². The number of sulfone groups is 1. The van der Waals surface area contributed by atoms with Crippen LogP contribution in [0.4, 0.5) is 0 Å². The van der Waals surface area contributed by atoms with Crippen molar-refractivity contribution >= 4 is 27.3 Å². The van der Waals surface area contributed by atoms with Crippen molar-refractivity contribution in [2.45, 2.75) is 36.8 Å². The first-order chi connectivity index (χ1) is 15.2. The lowest BCUT2D eigenvalue weighted by Crippen LogP contribution is -2.37. The van der Waals surface area contributed by atoms with Crippen molar-refractivity contribution in [3.05, 3.63) is 46.7 Å². The average Bonchev–Trinajstić information content (AvgIpc) is 3.51. The number of ether oxygens (including phenoxy) is 1. The number of likely N-dealkylation sites (N-methyl/N-ethyl adjacent to an activating group) is 1. The molecule has 32 heavy (non-hydrogen) atoms. The molecular weight excluding hydrogens is 452 g/mol. The van der Waals surface area contributed by atoms with Gasteiger partial charge >= 0.3 is 0 Å². The van der Waals surface area contributed by atoms with Crippen LogP contribution < -0.4 is 0 Å².